The van der Waals surface area contributed by atoms with Crippen LogP contribution in [0.1, 0.15) is 17.2 Å². The molecule has 0 saturated carbocycles. The molecule has 1 N–H and O–H groups in total. The summed E-state index contributed by atoms with van der Waals surface area (Å²) in [4.78, 5) is 11.9. The van der Waals surface area contributed by atoms with E-state index in [9.17, 15) is 9.18 Å². The van der Waals surface area contributed by atoms with E-state index >= 15 is 0 Å². The molecule has 0 saturated heterocycles. The number of esters is 1. The van der Waals surface area contributed by atoms with E-state index in [1.54, 1.807) is 0 Å². The summed E-state index contributed by atoms with van der Waals surface area (Å²) >= 11 is 5.88. The average Bonchev–Trinajstić information content (AvgIpc) is 2.51. The molecule has 0 spiro atoms. The number of carbonyl (C=O) groups is 1. The smallest absolute Gasteiger partial charge is 0.327 e. The predicted molar refractivity (Wildman–Crippen MR) is 79.4 cm³/mol. The van der Waals surface area contributed by atoms with Gasteiger partial charge in [-0.05, 0) is 23.8 Å². The van der Waals surface area contributed by atoms with Gasteiger partial charge in [0.15, 0.2) is 0 Å². The Kier molecular flexibility index (Phi) is 5.31. The fraction of sp³-hybridized carbons (Fsp3) is 0.188. The van der Waals surface area contributed by atoms with Gasteiger partial charge < -0.3 is 4.74 Å². The Morgan fingerprint density at radius 1 is 1.29 bits per heavy atom. The molecule has 5 heteroatoms. The number of hydrogen-bond acceptors (Lipinski definition) is 3. The number of nitrogens with one attached hydrogen (secondary N) is 1. The number of hydrogen-bond donors (Lipinski definition) is 1. The van der Waals surface area contributed by atoms with E-state index < -0.39 is 17.8 Å². The highest BCUT2D eigenvalue weighted by atomic mass is 35.5. The van der Waals surface area contributed by atoms with Crippen molar-refractivity contribution in [3.8, 4) is 0 Å². The fourth-order valence-electron chi connectivity index (χ4n) is 1.99. The molecule has 21 heavy (non-hydrogen) atoms. The molecule has 0 radical (unpaired) electrons. The van der Waals surface area contributed by atoms with Gasteiger partial charge in [0.25, 0.3) is 0 Å². The summed E-state index contributed by atoms with van der Waals surface area (Å²) in [6.45, 7) is 0.409. The van der Waals surface area contributed by atoms with Crippen molar-refractivity contribution in [1.82, 2.24) is 5.32 Å². The molecule has 0 heterocycles. The van der Waals surface area contributed by atoms with E-state index in [0.29, 0.717) is 11.6 Å². The summed E-state index contributed by atoms with van der Waals surface area (Å²) in [7, 11) is 1.27. The fourth-order valence-corrected chi connectivity index (χ4v) is 2.17. The van der Waals surface area contributed by atoms with E-state index in [2.05, 4.69) is 5.32 Å². The van der Waals surface area contributed by atoms with Gasteiger partial charge in [-0.3, -0.25) is 5.32 Å². The third kappa shape index (κ3) is 4.03. The minimum atomic E-state index is -0.908. The maximum absolute atomic E-state index is 13.9. The molecule has 0 aromatic heterocycles. The van der Waals surface area contributed by atoms with Gasteiger partial charge >= 0.3 is 5.97 Å². The number of benzene rings is 2. The third-order valence-corrected chi connectivity index (χ3v) is 3.29. The lowest BCUT2D eigenvalue weighted by molar-refractivity contribution is -0.143. The van der Waals surface area contributed by atoms with Crippen LogP contribution in [0.15, 0.2) is 48.5 Å². The Balaban J connectivity index is 2.22. The first-order valence-corrected chi connectivity index (χ1v) is 6.79. The van der Waals surface area contributed by atoms with Crippen molar-refractivity contribution < 1.29 is 13.9 Å². The lowest BCUT2D eigenvalue weighted by Crippen LogP contribution is -2.30. The normalized spacial score (nSPS) is 12.0. The van der Waals surface area contributed by atoms with Crippen molar-refractivity contribution >= 4 is 17.6 Å². The zero-order valence-corrected chi connectivity index (χ0v) is 12.2. The zero-order chi connectivity index (χ0) is 15.2. The number of methoxy groups -OCH3 is 1. The Morgan fingerprint density at radius 2 is 2.00 bits per heavy atom. The van der Waals surface area contributed by atoms with Crippen molar-refractivity contribution in [2.45, 2.75) is 12.6 Å². The molecule has 110 valence electrons. The van der Waals surface area contributed by atoms with Crippen LogP contribution < -0.4 is 5.32 Å². The summed E-state index contributed by atoms with van der Waals surface area (Å²) < 4.78 is 18.7. The minimum absolute atomic E-state index is 0.172. The van der Waals surface area contributed by atoms with Gasteiger partial charge in [0.1, 0.15) is 11.9 Å². The molecule has 0 amide bonds. The molecule has 1 atom stereocenters. The second-order valence-electron chi connectivity index (χ2n) is 4.49. The van der Waals surface area contributed by atoms with Crippen molar-refractivity contribution in [2.75, 3.05) is 7.11 Å². The van der Waals surface area contributed by atoms with Crippen molar-refractivity contribution in [3.63, 3.8) is 0 Å². The largest absolute Gasteiger partial charge is 0.468 e. The first-order valence-electron chi connectivity index (χ1n) is 6.42. The van der Waals surface area contributed by atoms with Crippen LogP contribution in [-0.2, 0) is 16.1 Å². The van der Waals surface area contributed by atoms with E-state index in [4.69, 9.17) is 16.3 Å². The highest BCUT2D eigenvalue weighted by Gasteiger charge is 2.24. The quantitative estimate of drug-likeness (QED) is 0.859. The molecule has 0 bridgehead atoms. The van der Waals surface area contributed by atoms with Crippen molar-refractivity contribution in [1.29, 1.82) is 0 Å². The minimum Gasteiger partial charge on any atom is -0.468 e. The molecule has 0 fully saturated rings. The summed E-state index contributed by atoms with van der Waals surface area (Å²) in [5, 5.41) is 3.36. The van der Waals surface area contributed by atoms with Gasteiger partial charge in [-0.15, -0.1) is 0 Å². The van der Waals surface area contributed by atoms with E-state index in [1.807, 2.05) is 30.3 Å². The summed E-state index contributed by atoms with van der Waals surface area (Å²) in [5.74, 6) is -1.07. The van der Waals surface area contributed by atoms with Crippen molar-refractivity contribution in [2.24, 2.45) is 0 Å². The van der Waals surface area contributed by atoms with Gasteiger partial charge in [-0.25, -0.2) is 9.18 Å². The topological polar surface area (TPSA) is 38.3 Å². The van der Waals surface area contributed by atoms with Gasteiger partial charge in [-0.1, -0.05) is 41.9 Å². The van der Waals surface area contributed by atoms with E-state index in [0.717, 1.165) is 5.56 Å². The summed E-state index contributed by atoms with van der Waals surface area (Å²) in [6.07, 6.45) is 0. The van der Waals surface area contributed by atoms with Gasteiger partial charge in [0, 0.05) is 17.1 Å². The summed E-state index contributed by atoms with van der Waals surface area (Å²) in [5.41, 5.74) is 1.15. The van der Waals surface area contributed by atoms with Crippen LogP contribution in [0, 0.1) is 5.82 Å². The molecule has 0 aliphatic rings. The van der Waals surface area contributed by atoms with Crippen LogP contribution in [0.3, 0.4) is 0 Å². The standard InChI is InChI=1S/C16H15ClFNO2/c1-21-16(20)15(13-9-12(17)7-8-14(13)18)19-10-11-5-3-2-4-6-11/h2-9,15,19H,10H2,1H3. The first kappa shape index (κ1) is 15.5. The second-order valence-corrected chi connectivity index (χ2v) is 4.92. The van der Waals surface area contributed by atoms with Crippen LogP contribution >= 0.6 is 11.6 Å². The Labute approximate surface area is 127 Å². The van der Waals surface area contributed by atoms with Crippen LogP contribution in [0.2, 0.25) is 5.02 Å². The molecule has 3 nitrogen and oxygen atoms in total. The van der Waals surface area contributed by atoms with Crippen LogP contribution in [-0.4, -0.2) is 13.1 Å². The average molecular weight is 308 g/mol. The maximum atomic E-state index is 13.9. The van der Waals surface area contributed by atoms with Crippen LogP contribution in [0.25, 0.3) is 0 Å². The maximum Gasteiger partial charge on any atom is 0.327 e. The SMILES string of the molecule is COC(=O)C(NCc1ccccc1)c1cc(Cl)ccc1F. The second kappa shape index (κ2) is 7.20. The monoisotopic (exact) mass is 307 g/mol. The lowest BCUT2D eigenvalue weighted by atomic mass is 10.1. The van der Waals surface area contributed by atoms with Crippen LogP contribution in [0.5, 0.6) is 0 Å². The molecular weight excluding hydrogens is 293 g/mol. The summed E-state index contributed by atoms with van der Waals surface area (Å²) in [6, 6.07) is 12.7. The molecule has 0 aliphatic carbocycles. The van der Waals surface area contributed by atoms with Crippen molar-refractivity contribution in [3.05, 3.63) is 70.5 Å². The lowest BCUT2D eigenvalue weighted by Gasteiger charge is -2.18. The van der Waals surface area contributed by atoms with Gasteiger partial charge in [0.05, 0.1) is 7.11 Å². The highest BCUT2D eigenvalue weighted by molar-refractivity contribution is 6.30. The Morgan fingerprint density at radius 3 is 2.67 bits per heavy atom. The molecule has 2 aromatic carbocycles. The Bertz CT molecular complexity index is 619. The predicted octanol–water partition coefficient (Wildman–Crippen LogP) is 3.48. The van der Waals surface area contributed by atoms with Gasteiger partial charge in [0.2, 0.25) is 0 Å². The first-order chi connectivity index (χ1) is 10.1. The number of ether oxygens (including phenoxy) is 1. The molecule has 0 aliphatic heterocycles. The number of rotatable bonds is 5. The van der Waals surface area contributed by atoms with Gasteiger partial charge in [-0.2, -0.15) is 0 Å². The molecule has 2 rings (SSSR count). The Hall–Kier alpha value is -1.91. The number of carbonyl (C=O) groups excluding carboxylic acids is 1. The zero-order valence-electron chi connectivity index (χ0n) is 11.5. The van der Waals surface area contributed by atoms with E-state index in [1.165, 1.54) is 25.3 Å². The number of halogens is 2. The third-order valence-electron chi connectivity index (χ3n) is 3.06. The van der Waals surface area contributed by atoms with Crippen LogP contribution in [0.4, 0.5) is 4.39 Å². The molecule has 2 aromatic rings. The van der Waals surface area contributed by atoms with E-state index in [-0.39, 0.29) is 5.56 Å². The molecular formula is C16H15ClFNO2. The molecule has 1 unspecified atom stereocenters. The highest BCUT2D eigenvalue weighted by Crippen LogP contribution is 2.23.